The quantitative estimate of drug-likeness (QED) is 0.233. The SMILES string of the molecule is CCOC(=O)C(CNC(=O)[C@H](O)C(C)(C)CO)(C(=O)OCC)C(=O)OCC. The summed E-state index contributed by atoms with van der Waals surface area (Å²) in [7, 11) is 0. The molecule has 3 N–H and O–H groups in total. The van der Waals surface area contributed by atoms with Crippen LogP contribution in [-0.4, -0.2) is 73.1 Å². The Kier molecular flexibility index (Phi) is 9.95. The Morgan fingerprint density at radius 2 is 1.26 bits per heavy atom. The smallest absolute Gasteiger partial charge is 0.337 e. The Hall–Kier alpha value is -2.20. The van der Waals surface area contributed by atoms with Crippen molar-refractivity contribution in [2.24, 2.45) is 10.8 Å². The lowest BCUT2D eigenvalue weighted by Crippen LogP contribution is -2.58. The number of hydrogen-bond donors (Lipinski definition) is 3. The molecule has 0 aromatic rings. The number of rotatable bonds is 11. The van der Waals surface area contributed by atoms with Crippen LogP contribution in [0.2, 0.25) is 0 Å². The van der Waals surface area contributed by atoms with Gasteiger partial charge < -0.3 is 29.7 Å². The van der Waals surface area contributed by atoms with E-state index in [2.05, 4.69) is 5.32 Å². The molecule has 0 aliphatic carbocycles. The van der Waals surface area contributed by atoms with E-state index in [1.54, 1.807) is 0 Å². The molecule has 27 heavy (non-hydrogen) atoms. The molecule has 0 aliphatic rings. The molecule has 156 valence electrons. The van der Waals surface area contributed by atoms with E-state index in [9.17, 15) is 29.4 Å². The lowest BCUT2D eigenvalue weighted by molar-refractivity contribution is -0.183. The van der Waals surface area contributed by atoms with Crippen molar-refractivity contribution in [3.8, 4) is 0 Å². The molecular formula is C17H29NO9. The Morgan fingerprint density at radius 3 is 1.56 bits per heavy atom. The van der Waals surface area contributed by atoms with Gasteiger partial charge >= 0.3 is 17.9 Å². The zero-order chi connectivity index (χ0) is 21.3. The molecule has 0 heterocycles. The summed E-state index contributed by atoms with van der Waals surface area (Å²) in [6.45, 7) is 5.58. The van der Waals surface area contributed by atoms with Crippen molar-refractivity contribution >= 4 is 23.8 Å². The predicted octanol–water partition coefficient (Wildman–Crippen LogP) is -0.842. The van der Waals surface area contributed by atoms with E-state index in [-0.39, 0.29) is 19.8 Å². The molecule has 0 unspecified atom stereocenters. The van der Waals surface area contributed by atoms with Gasteiger partial charge in [-0.1, -0.05) is 13.8 Å². The second-order valence-electron chi connectivity index (χ2n) is 6.33. The van der Waals surface area contributed by atoms with Crippen LogP contribution < -0.4 is 5.32 Å². The molecule has 0 radical (unpaired) electrons. The Morgan fingerprint density at radius 1 is 0.889 bits per heavy atom. The number of amides is 1. The number of aliphatic hydroxyl groups excluding tert-OH is 2. The minimum Gasteiger partial charge on any atom is -0.465 e. The van der Waals surface area contributed by atoms with Crippen LogP contribution >= 0.6 is 0 Å². The van der Waals surface area contributed by atoms with Gasteiger partial charge in [-0.15, -0.1) is 0 Å². The van der Waals surface area contributed by atoms with Gasteiger partial charge in [-0.3, -0.25) is 19.2 Å². The number of carbonyl (C=O) groups is 4. The van der Waals surface area contributed by atoms with Crippen molar-refractivity contribution in [1.29, 1.82) is 0 Å². The van der Waals surface area contributed by atoms with E-state index < -0.39 is 53.9 Å². The zero-order valence-corrected chi connectivity index (χ0v) is 16.4. The molecule has 1 amide bonds. The summed E-state index contributed by atoms with van der Waals surface area (Å²) in [4.78, 5) is 49.6. The van der Waals surface area contributed by atoms with Gasteiger partial charge in [0.2, 0.25) is 5.91 Å². The van der Waals surface area contributed by atoms with Gasteiger partial charge in [0.25, 0.3) is 5.41 Å². The molecule has 0 saturated carbocycles. The number of hydrogen-bond acceptors (Lipinski definition) is 9. The number of nitrogens with one attached hydrogen (secondary N) is 1. The predicted molar refractivity (Wildman–Crippen MR) is 92.2 cm³/mol. The highest BCUT2D eigenvalue weighted by Crippen LogP contribution is 2.25. The average Bonchev–Trinajstić information content (AvgIpc) is 2.62. The largest absolute Gasteiger partial charge is 0.465 e. The second kappa shape index (κ2) is 10.8. The van der Waals surface area contributed by atoms with Gasteiger partial charge in [0, 0.05) is 5.41 Å². The highest BCUT2D eigenvalue weighted by Gasteiger charge is 2.58. The fourth-order valence-electron chi connectivity index (χ4n) is 1.99. The second-order valence-corrected chi connectivity index (χ2v) is 6.33. The summed E-state index contributed by atoms with van der Waals surface area (Å²) in [5.41, 5.74) is -3.76. The Bertz CT molecular complexity index is 499. The molecule has 0 bridgehead atoms. The average molecular weight is 391 g/mol. The number of aliphatic hydroxyl groups is 2. The van der Waals surface area contributed by atoms with Crippen molar-refractivity contribution < 1.29 is 43.6 Å². The summed E-state index contributed by atoms with van der Waals surface area (Å²) >= 11 is 0. The fraction of sp³-hybridized carbons (Fsp3) is 0.765. The van der Waals surface area contributed by atoms with Crippen molar-refractivity contribution in [3.05, 3.63) is 0 Å². The normalized spacial score (nSPS) is 12.7. The highest BCUT2D eigenvalue weighted by molar-refractivity contribution is 6.18. The molecular weight excluding hydrogens is 362 g/mol. The van der Waals surface area contributed by atoms with Crippen LogP contribution in [0.1, 0.15) is 34.6 Å². The number of esters is 3. The number of ether oxygens (including phenoxy) is 3. The maximum absolute atomic E-state index is 12.5. The van der Waals surface area contributed by atoms with Crippen LogP contribution in [0.15, 0.2) is 0 Å². The maximum Gasteiger partial charge on any atom is 0.337 e. The Balaban J connectivity index is 5.81. The minimum absolute atomic E-state index is 0.131. The molecule has 0 saturated heterocycles. The van der Waals surface area contributed by atoms with Gasteiger partial charge in [-0.25, -0.2) is 0 Å². The summed E-state index contributed by atoms with van der Waals surface area (Å²) in [5.74, 6) is -4.70. The van der Waals surface area contributed by atoms with Crippen LogP contribution in [0.5, 0.6) is 0 Å². The maximum atomic E-state index is 12.5. The monoisotopic (exact) mass is 391 g/mol. The summed E-state index contributed by atoms with van der Waals surface area (Å²) in [5, 5.41) is 21.5. The van der Waals surface area contributed by atoms with Crippen molar-refractivity contribution in [2.75, 3.05) is 33.0 Å². The van der Waals surface area contributed by atoms with Crippen LogP contribution in [-0.2, 0) is 33.4 Å². The van der Waals surface area contributed by atoms with E-state index in [4.69, 9.17) is 14.2 Å². The van der Waals surface area contributed by atoms with E-state index in [0.717, 1.165) is 0 Å². The summed E-state index contributed by atoms with van der Waals surface area (Å²) < 4.78 is 14.5. The lowest BCUT2D eigenvalue weighted by Gasteiger charge is -2.30. The van der Waals surface area contributed by atoms with Crippen molar-refractivity contribution in [1.82, 2.24) is 5.32 Å². The van der Waals surface area contributed by atoms with E-state index in [0.29, 0.717) is 0 Å². The molecule has 10 heteroatoms. The summed E-state index contributed by atoms with van der Waals surface area (Å²) in [6.07, 6.45) is -1.66. The van der Waals surface area contributed by atoms with Crippen LogP contribution in [0.25, 0.3) is 0 Å². The first kappa shape index (κ1) is 24.8. The molecule has 0 aromatic heterocycles. The number of carbonyl (C=O) groups excluding carboxylic acids is 4. The van der Waals surface area contributed by atoms with Gasteiger partial charge in [0.05, 0.1) is 33.0 Å². The molecule has 10 nitrogen and oxygen atoms in total. The molecule has 0 aromatic carbocycles. The van der Waals surface area contributed by atoms with Gasteiger partial charge in [0.15, 0.2) is 0 Å². The van der Waals surface area contributed by atoms with Crippen LogP contribution in [0, 0.1) is 10.8 Å². The van der Waals surface area contributed by atoms with E-state index >= 15 is 0 Å². The summed E-state index contributed by atoms with van der Waals surface area (Å²) in [6, 6.07) is 0. The topological polar surface area (TPSA) is 148 Å². The molecule has 0 aliphatic heterocycles. The van der Waals surface area contributed by atoms with E-state index in [1.165, 1.54) is 34.6 Å². The first-order chi connectivity index (χ1) is 12.5. The third kappa shape index (κ3) is 5.90. The minimum atomic E-state index is -2.57. The molecule has 0 rings (SSSR count). The first-order valence-electron chi connectivity index (χ1n) is 8.63. The van der Waals surface area contributed by atoms with Gasteiger partial charge in [-0.05, 0) is 20.8 Å². The standard InChI is InChI=1S/C17H29NO9/c1-6-25-13(22)17(14(23)26-7-2,15(24)27-8-3)9-18-12(21)11(20)16(4,5)10-19/h11,19-20H,6-10H2,1-5H3,(H,18,21)/t11-/m0/s1. The molecule has 1 atom stereocenters. The van der Waals surface area contributed by atoms with Gasteiger partial charge in [0.1, 0.15) is 6.10 Å². The van der Waals surface area contributed by atoms with Gasteiger partial charge in [-0.2, -0.15) is 0 Å². The highest BCUT2D eigenvalue weighted by atomic mass is 16.6. The van der Waals surface area contributed by atoms with E-state index in [1.807, 2.05) is 0 Å². The van der Waals surface area contributed by atoms with Crippen LogP contribution in [0.4, 0.5) is 0 Å². The van der Waals surface area contributed by atoms with Crippen molar-refractivity contribution in [2.45, 2.75) is 40.7 Å². The molecule has 0 spiro atoms. The first-order valence-corrected chi connectivity index (χ1v) is 8.63. The zero-order valence-electron chi connectivity index (χ0n) is 16.4. The van der Waals surface area contributed by atoms with Crippen LogP contribution in [0.3, 0.4) is 0 Å². The third-order valence-electron chi connectivity index (χ3n) is 3.80. The molecule has 0 fully saturated rings. The third-order valence-corrected chi connectivity index (χ3v) is 3.80. The fourth-order valence-corrected chi connectivity index (χ4v) is 1.99. The van der Waals surface area contributed by atoms with Crippen molar-refractivity contribution in [3.63, 3.8) is 0 Å². The lowest BCUT2D eigenvalue weighted by atomic mass is 9.85. The Labute approximate surface area is 158 Å².